The second kappa shape index (κ2) is 21.7. The fourth-order valence-corrected chi connectivity index (χ4v) is 17.8. The van der Waals surface area contributed by atoms with Gasteiger partial charge in [-0.05, 0) is 83.1 Å². The lowest BCUT2D eigenvalue weighted by Gasteiger charge is -2.35. The molecule has 8 heteroatoms. The number of unbranched alkanes of at least 4 members (excludes halogenated alkanes) is 3. The van der Waals surface area contributed by atoms with Gasteiger partial charge >= 0.3 is 0 Å². The van der Waals surface area contributed by atoms with E-state index in [1.807, 2.05) is 0 Å². The molecular weight excluding hydrogens is 556 g/mol. The van der Waals surface area contributed by atoms with E-state index < -0.39 is 33.0 Å². The maximum Gasteiger partial charge on any atom is 0.186 e. The van der Waals surface area contributed by atoms with Gasteiger partial charge in [0.15, 0.2) is 25.0 Å². The maximum absolute atomic E-state index is 6.42. The van der Waals surface area contributed by atoms with Gasteiger partial charge < -0.3 is 13.3 Å². The van der Waals surface area contributed by atoms with Crippen LogP contribution in [0.4, 0.5) is 0 Å². The van der Waals surface area contributed by atoms with Gasteiger partial charge in [0.25, 0.3) is 0 Å². The summed E-state index contributed by atoms with van der Waals surface area (Å²) in [5.74, 6) is 0.815. The summed E-state index contributed by atoms with van der Waals surface area (Å²) in [7, 11) is -6.10. The lowest BCUT2D eigenvalue weighted by molar-refractivity contribution is 0.298. The summed E-state index contributed by atoms with van der Waals surface area (Å²) in [4.78, 5) is 0. The summed E-state index contributed by atoms with van der Waals surface area (Å²) >= 11 is 6.32. The molecule has 0 heterocycles. The molecular formula is C30H69ClO3Si4. The Hall–Kier alpha value is 1.04. The highest BCUT2D eigenvalue weighted by Gasteiger charge is 2.35. The molecule has 230 valence electrons. The van der Waals surface area contributed by atoms with Crippen LogP contribution in [-0.4, -0.2) is 58.7 Å². The minimum Gasteiger partial charge on any atom is -0.417 e. The van der Waals surface area contributed by atoms with E-state index in [0.717, 1.165) is 25.7 Å². The summed E-state index contributed by atoms with van der Waals surface area (Å²) in [5.41, 5.74) is 0. The quantitative estimate of drug-likeness (QED) is 0.0516. The number of hydrogen-bond acceptors (Lipinski definition) is 3. The van der Waals surface area contributed by atoms with E-state index in [0.29, 0.717) is 0 Å². The third-order valence-electron chi connectivity index (χ3n) is 8.27. The average molecular weight is 626 g/mol. The van der Waals surface area contributed by atoms with Crippen molar-refractivity contribution in [1.29, 1.82) is 0 Å². The molecule has 0 amide bonds. The summed E-state index contributed by atoms with van der Waals surface area (Å²) < 4.78 is 19.3. The fourth-order valence-electron chi connectivity index (χ4n) is 5.55. The Balaban J connectivity index is 5.33. The molecule has 0 radical (unpaired) electrons. The van der Waals surface area contributed by atoms with E-state index in [-0.39, 0.29) is 0 Å². The van der Waals surface area contributed by atoms with Crippen LogP contribution in [0.2, 0.25) is 81.6 Å². The van der Waals surface area contributed by atoms with Crippen LogP contribution >= 0.6 is 11.6 Å². The molecule has 0 rings (SSSR count). The zero-order valence-corrected chi connectivity index (χ0v) is 32.2. The highest BCUT2D eigenvalue weighted by Crippen LogP contribution is 2.36. The summed E-state index contributed by atoms with van der Waals surface area (Å²) in [5, 5.41) is 0. The third-order valence-corrected chi connectivity index (χ3v) is 21.8. The number of halogens is 1. The Bertz CT molecular complexity index is 492. The van der Waals surface area contributed by atoms with Crippen molar-refractivity contribution in [1.82, 2.24) is 0 Å². The van der Waals surface area contributed by atoms with Crippen LogP contribution in [0.5, 0.6) is 0 Å². The molecule has 0 spiro atoms. The Labute approximate surface area is 249 Å². The number of alkyl halides is 1. The Morgan fingerprint density at radius 3 is 0.974 bits per heavy atom. The molecule has 0 unspecified atom stereocenters. The van der Waals surface area contributed by atoms with Crippen molar-refractivity contribution >= 4 is 44.6 Å². The Morgan fingerprint density at radius 2 is 0.711 bits per heavy atom. The van der Waals surface area contributed by atoms with E-state index in [2.05, 4.69) is 60.1 Å². The Kier molecular flexibility index (Phi) is 22.3. The van der Waals surface area contributed by atoms with Crippen molar-refractivity contribution in [2.75, 3.05) is 25.7 Å². The van der Waals surface area contributed by atoms with Crippen molar-refractivity contribution in [2.24, 2.45) is 0 Å². The molecule has 0 aromatic heterocycles. The fraction of sp³-hybridized carbons (Fsp3) is 1.00. The second-order valence-corrected chi connectivity index (χ2v) is 32.0. The minimum absolute atomic E-state index is 0.815. The van der Waals surface area contributed by atoms with Crippen LogP contribution in [0.1, 0.15) is 85.0 Å². The highest BCUT2D eigenvalue weighted by molar-refractivity contribution is 6.80. The molecule has 0 fully saturated rings. The second-order valence-electron chi connectivity index (χ2n) is 13.7. The van der Waals surface area contributed by atoms with Gasteiger partial charge in [0.1, 0.15) is 0 Å². The molecule has 0 N–H and O–H groups in total. The van der Waals surface area contributed by atoms with Crippen molar-refractivity contribution in [2.45, 2.75) is 167 Å². The van der Waals surface area contributed by atoms with Gasteiger partial charge in [-0.15, -0.1) is 11.6 Å². The molecule has 0 aromatic rings. The molecule has 0 bridgehead atoms. The van der Waals surface area contributed by atoms with Gasteiger partial charge in [-0.3, -0.25) is 0 Å². The molecule has 0 atom stereocenters. The van der Waals surface area contributed by atoms with Crippen LogP contribution < -0.4 is 0 Å². The van der Waals surface area contributed by atoms with E-state index in [4.69, 9.17) is 24.9 Å². The van der Waals surface area contributed by atoms with E-state index in [9.17, 15) is 0 Å². The van der Waals surface area contributed by atoms with E-state index in [1.165, 1.54) is 107 Å². The first-order valence-corrected chi connectivity index (χ1v) is 29.1. The van der Waals surface area contributed by atoms with Gasteiger partial charge in [-0.1, -0.05) is 83.5 Å². The monoisotopic (exact) mass is 624 g/mol. The van der Waals surface area contributed by atoms with E-state index >= 15 is 0 Å². The number of hydrogen-bond donors (Lipinski definition) is 0. The van der Waals surface area contributed by atoms with Gasteiger partial charge in [0.05, 0.1) is 8.07 Å². The van der Waals surface area contributed by atoms with Gasteiger partial charge in [-0.2, -0.15) is 0 Å². The molecule has 0 aliphatic heterocycles. The largest absolute Gasteiger partial charge is 0.417 e. The van der Waals surface area contributed by atoms with E-state index in [1.54, 1.807) is 0 Å². The van der Waals surface area contributed by atoms with Crippen molar-refractivity contribution in [3.63, 3.8) is 0 Å². The molecule has 38 heavy (non-hydrogen) atoms. The van der Waals surface area contributed by atoms with Crippen molar-refractivity contribution < 1.29 is 13.3 Å². The summed E-state index contributed by atoms with van der Waals surface area (Å²) in [6, 6.07) is 9.75. The summed E-state index contributed by atoms with van der Waals surface area (Å²) in [6.45, 7) is 24.3. The van der Waals surface area contributed by atoms with Crippen molar-refractivity contribution in [3.8, 4) is 0 Å². The van der Waals surface area contributed by atoms with Gasteiger partial charge in [0, 0.05) is 25.7 Å². The van der Waals surface area contributed by atoms with Gasteiger partial charge in [-0.25, -0.2) is 0 Å². The first kappa shape index (κ1) is 39.0. The van der Waals surface area contributed by atoms with Crippen LogP contribution in [0.25, 0.3) is 0 Å². The molecule has 0 aromatic carbocycles. The molecule has 0 saturated carbocycles. The maximum atomic E-state index is 6.42. The predicted molar refractivity (Wildman–Crippen MR) is 184 cm³/mol. The van der Waals surface area contributed by atoms with Crippen LogP contribution in [0, 0.1) is 0 Å². The lowest BCUT2D eigenvalue weighted by atomic mass is 10.4. The van der Waals surface area contributed by atoms with Gasteiger partial charge in [0.2, 0.25) is 0 Å². The van der Waals surface area contributed by atoms with Crippen LogP contribution in [0.15, 0.2) is 0 Å². The molecule has 3 nitrogen and oxygen atoms in total. The zero-order valence-electron chi connectivity index (χ0n) is 27.5. The zero-order chi connectivity index (χ0) is 29.0. The molecule has 0 aliphatic rings. The van der Waals surface area contributed by atoms with Crippen LogP contribution in [0.3, 0.4) is 0 Å². The molecule has 0 aliphatic carbocycles. The smallest absolute Gasteiger partial charge is 0.186 e. The third kappa shape index (κ3) is 20.8. The molecule has 0 saturated heterocycles. The first-order chi connectivity index (χ1) is 17.9. The minimum atomic E-state index is -1.56. The number of rotatable bonds is 27. The Morgan fingerprint density at radius 1 is 0.421 bits per heavy atom. The highest BCUT2D eigenvalue weighted by atomic mass is 35.5. The van der Waals surface area contributed by atoms with Crippen molar-refractivity contribution in [3.05, 3.63) is 0 Å². The topological polar surface area (TPSA) is 27.7 Å². The lowest BCUT2D eigenvalue weighted by Crippen LogP contribution is -2.38. The SMILES string of the molecule is CCCCO[Si](C)(C)CCC[Si](CCCCl)(CCC[Si](C)(C)OCCCC)CCC[Si](C)(C)OCCCC. The summed E-state index contributed by atoms with van der Waals surface area (Å²) in [6.07, 6.45) is 12.6. The normalized spacial score (nSPS) is 13.4. The average Bonchev–Trinajstić information content (AvgIpc) is 2.82. The standard InChI is InChI=1S/C30H69ClO3Si4/c1-10-13-21-32-35(4,5)24-17-28-38(27-16-20-31,29-18-25-36(6,7)33-22-14-11-2)30-19-26-37(8,9)34-23-15-12-3/h10-30H2,1-9H3. The first-order valence-electron chi connectivity index (χ1n) is 16.3. The predicted octanol–water partition coefficient (Wildman–Crippen LogP) is 11.3. The van der Waals surface area contributed by atoms with Crippen LogP contribution in [-0.2, 0) is 13.3 Å².